The molecule has 3 nitrogen and oxygen atoms in total. The molecule has 0 aliphatic carbocycles. The van der Waals surface area contributed by atoms with Crippen LogP contribution in [-0.4, -0.2) is 25.9 Å². The van der Waals surface area contributed by atoms with Gasteiger partial charge in [0.15, 0.2) is 6.20 Å². The summed E-state index contributed by atoms with van der Waals surface area (Å²) in [5.74, 6) is 0.778. The monoisotopic (exact) mass is 508 g/mol. The molecule has 1 aliphatic rings. The van der Waals surface area contributed by atoms with Crippen molar-refractivity contribution in [1.29, 1.82) is 0 Å². The van der Waals surface area contributed by atoms with Gasteiger partial charge >= 0.3 is 0 Å². The molecule has 0 spiro atoms. The van der Waals surface area contributed by atoms with Crippen LogP contribution in [-0.2, 0) is 16.0 Å². The van der Waals surface area contributed by atoms with Crippen LogP contribution in [0, 0.1) is 5.92 Å². The molecule has 4 heteroatoms. The van der Waals surface area contributed by atoms with Gasteiger partial charge in [0.05, 0.1) is 18.1 Å². The molecular weight excluding hydrogens is 450 g/mol. The molecule has 0 amide bonds. The van der Waals surface area contributed by atoms with Crippen LogP contribution in [0.5, 0.6) is 0 Å². The van der Waals surface area contributed by atoms with Gasteiger partial charge in [-0.25, -0.2) is 0 Å². The molecule has 0 bridgehead atoms. The van der Waals surface area contributed by atoms with Gasteiger partial charge in [-0.05, 0) is 31.6 Å². The second-order valence-electron chi connectivity index (χ2n) is 11.0. The van der Waals surface area contributed by atoms with E-state index in [2.05, 4.69) is 28.6 Å². The molecule has 0 radical (unpaired) electrons. The number of nitrogens with zero attached hydrogens (tertiary/aromatic N) is 1. The Kier molecular flexibility index (Phi) is 20.0. The first-order valence-electron chi connectivity index (χ1n) is 15.5. The minimum absolute atomic E-state index is 0.353. The molecule has 0 N–H and O–H groups in total. The van der Waals surface area contributed by atoms with Crippen molar-refractivity contribution in [3.05, 3.63) is 17.1 Å². The number of aromatic nitrogens is 1. The molecule has 1 aromatic rings. The third-order valence-electron chi connectivity index (χ3n) is 7.67. The van der Waals surface area contributed by atoms with Crippen LogP contribution in [0.15, 0.2) is 17.1 Å². The summed E-state index contributed by atoms with van der Waals surface area (Å²) in [6.45, 7) is 6.12. The zero-order chi connectivity index (χ0) is 24.7. The van der Waals surface area contributed by atoms with Crippen molar-refractivity contribution in [3.8, 4) is 0 Å². The van der Waals surface area contributed by atoms with Gasteiger partial charge in [0, 0.05) is 19.6 Å². The molecule has 2 heterocycles. The highest BCUT2D eigenvalue weighted by atomic mass is 32.1. The van der Waals surface area contributed by atoms with E-state index >= 15 is 0 Å². The quantitative estimate of drug-likeness (QED) is 0.0969. The fraction of sp³-hybridized carbons (Fsp3) is 0.903. The van der Waals surface area contributed by atoms with Gasteiger partial charge in [-0.15, -0.1) is 0 Å². The predicted molar refractivity (Wildman–Crippen MR) is 151 cm³/mol. The number of unbranched alkanes of at least 4 members (excludes halogenated alkanes) is 17. The Labute approximate surface area is 222 Å². The molecule has 2 rings (SSSR count). The fourth-order valence-corrected chi connectivity index (χ4v) is 5.99. The first kappa shape index (κ1) is 30.8. The average molecular weight is 509 g/mol. The van der Waals surface area contributed by atoms with E-state index in [-0.39, 0.29) is 0 Å². The number of hydrogen-bond donors (Lipinski definition) is 0. The molecule has 204 valence electrons. The Morgan fingerprint density at radius 3 is 2.00 bits per heavy atom. The normalized spacial score (nSPS) is 18.0. The summed E-state index contributed by atoms with van der Waals surface area (Å²) in [6, 6.07) is 0. The maximum absolute atomic E-state index is 6.00. The Morgan fingerprint density at radius 1 is 0.771 bits per heavy atom. The van der Waals surface area contributed by atoms with E-state index in [0.717, 1.165) is 32.3 Å². The van der Waals surface area contributed by atoms with Gasteiger partial charge in [0.25, 0.3) is 0 Å². The van der Waals surface area contributed by atoms with Crippen molar-refractivity contribution in [1.82, 2.24) is 0 Å². The predicted octanol–water partition coefficient (Wildman–Crippen LogP) is 9.28. The van der Waals surface area contributed by atoms with E-state index in [0.29, 0.717) is 6.10 Å². The van der Waals surface area contributed by atoms with E-state index in [4.69, 9.17) is 9.47 Å². The minimum Gasteiger partial charge on any atom is -0.379 e. The first-order valence-corrected chi connectivity index (χ1v) is 16.4. The number of aryl methyl sites for hydroxylation is 1. The standard InChI is InChI=1S/C31H58NO2S/c1-2-3-4-5-6-7-8-9-10-11-12-13-14-15-18-21-30-26-31(34-27-30)28-33-24-20-17-16-19-22-32-23-25-35-29-32/h23,25,29-31H,2-22,24,26-28H2,1H3/q+1. The molecule has 1 aliphatic heterocycles. The van der Waals surface area contributed by atoms with Crippen molar-refractivity contribution < 1.29 is 14.0 Å². The molecule has 2 atom stereocenters. The van der Waals surface area contributed by atoms with E-state index in [9.17, 15) is 0 Å². The lowest BCUT2D eigenvalue weighted by Crippen LogP contribution is -2.29. The highest BCUT2D eigenvalue weighted by Gasteiger charge is 2.24. The molecule has 1 aromatic heterocycles. The van der Waals surface area contributed by atoms with Crippen LogP contribution < -0.4 is 4.57 Å². The lowest BCUT2D eigenvalue weighted by Gasteiger charge is -2.10. The molecule has 1 fully saturated rings. The highest BCUT2D eigenvalue weighted by molar-refractivity contribution is 7.07. The topological polar surface area (TPSA) is 22.3 Å². The van der Waals surface area contributed by atoms with E-state index in [1.807, 2.05) is 0 Å². The number of ether oxygens (including phenoxy) is 2. The Balaban J connectivity index is 1.25. The van der Waals surface area contributed by atoms with E-state index in [1.165, 1.54) is 135 Å². The van der Waals surface area contributed by atoms with E-state index in [1.54, 1.807) is 11.3 Å². The first-order chi connectivity index (χ1) is 17.4. The highest BCUT2D eigenvalue weighted by Crippen LogP contribution is 2.25. The average Bonchev–Trinajstić information content (AvgIpc) is 3.55. The largest absolute Gasteiger partial charge is 0.379 e. The Hall–Kier alpha value is -0.450. The maximum atomic E-state index is 6.00. The minimum atomic E-state index is 0.353. The second kappa shape index (κ2) is 22.7. The summed E-state index contributed by atoms with van der Waals surface area (Å²) in [5.41, 5.74) is 2.19. The van der Waals surface area contributed by atoms with Crippen molar-refractivity contribution in [2.75, 3.05) is 19.8 Å². The summed E-state index contributed by atoms with van der Waals surface area (Å²) in [6.07, 6.45) is 31.8. The molecule has 0 aromatic carbocycles. The van der Waals surface area contributed by atoms with Crippen LogP contribution >= 0.6 is 11.3 Å². The van der Waals surface area contributed by atoms with Gasteiger partial charge < -0.3 is 9.47 Å². The van der Waals surface area contributed by atoms with E-state index < -0.39 is 0 Å². The summed E-state index contributed by atoms with van der Waals surface area (Å²) < 4.78 is 14.2. The van der Waals surface area contributed by atoms with Crippen LogP contribution in [0.4, 0.5) is 0 Å². The van der Waals surface area contributed by atoms with Crippen LogP contribution in [0.3, 0.4) is 0 Å². The molecule has 2 unspecified atom stereocenters. The van der Waals surface area contributed by atoms with Gasteiger partial charge in [0.1, 0.15) is 6.54 Å². The number of hydrogen-bond acceptors (Lipinski definition) is 3. The van der Waals surface area contributed by atoms with Crippen molar-refractivity contribution in [2.24, 2.45) is 5.92 Å². The number of rotatable bonds is 25. The smallest absolute Gasteiger partial charge is 0.224 e. The van der Waals surface area contributed by atoms with Gasteiger partial charge in [0.2, 0.25) is 5.51 Å². The number of thiazole rings is 1. The fourth-order valence-electron chi connectivity index (χ4n) is 5.36. The summed E-state index contributed by atoms with van der Waals surface area (Å²) in [7, 11) is 0. The molecular formula is C31H58NO2S+. The third kappa shape index (κ3) is 17.6. The van der Waals surface area contributed by atoms with Gasteiger partial charge in [-0.1, -0.05) is 121 Å². The molecule has 1 saturated heterocycles. The third-order valence-corrected chi connectivity index (χ3v) is 8.34. The van der Waals surface area contributed by atoms with Crippen molar-refractivity contribution in [3.63, 3.8) is 0 Å². The SMILES string of the molecule is CCCCCCCCCCCCCCCCCC1COC(COCCCCCC[n+]2ccsc2)C1. The van der Waals surface area contributed by atoms with Crippen LogP contribution in [0.2, 0.25) is 0 Å². The van der Waals surface area contributed by atoms with Crippen LogP contribution in [0.1, 0.15) is 142 Å². The van der Waals surface area contributed by atoms with Gasteiger partial charge in [-0.3, -0.25) is 0 Å². The lowest BCUT2D eigenvalue weighted by molar-refractivity contribution is -0.692. The zero-order valence-corrected chi connectivity index (χ0v) is 24.1. The van der Waals surface area contributed by atoms with Crippen molar-refractivity contribution in [2.45, 2.75) is 154 Å². The second-order valence-corrected chi connectivity index (χ2v) is 11.8. The van der Waals surface area contributed by atoms with Crippen LogP contribution in [0.25, 0.3) is 0 Å². The molecule has 0 saturated carbocycles. The zero-order valence-electron chi connectivity index (χ0n) is 23.2. The van der Waals surface area contributed by atoms with Gasteiger partial charge in [-0.2, -0.15) is 4.57 Å². The lowest BCUT2D eigenvalue weighted by atomic mass is 9.97. The molecule has 35 heavy (non-hydrogen) atoms. The summed E-state index contributed by atoms with van der Waals surface area (Å²) in [4.78, 5) is 0. The Bertz CT molecular complexity index is 550. The summed E-state index contributed by atoms with van der Waals surface area (Å²) in [5, 5.41) is 2.14. The maximum Gasteiger partial charge on any atom is 0.224 e. The Morgan fingerprint density at radius 2 is 1.37 bits per heavy atom. The van der Waals surface area contributed by atoms with Crippen molar-refractivity contribution >= 4 is 11.3 Å². The summed E-state index contributed by atoms with van der Waals surface area (Å²) >= 11 is 1.77.